The molecule has 0 N–H and O–H groups in total. The molecule has 0 saturated carbocycles. The Morgan fingerprint density at radius 1 is 1.35 bits per heavy atom. The molecule has 1 atom stereocenters. The summed E-state index contributed by atoms with van der Waals surface area (Å²) in [5, 5.41) is 0.999. The standard InChI is InChI=1S/C15H13Cl2N3O2S/c16-10-2-3-11(12(17)8-10)14-20(6-7-23-14)13(21)9-22-15-18-4-1-5-19-15/h1-5,8,14H,6-7,9H2. The molecule has 8 heteroatoms. The van der Waals surface area contributed by atoms with Gasteiger partial charge in [0, 0.05) is 40.3 Å². The third-order valence-electron chi connectivity index (χ3n) is 3.31. The number of halogens is 2. The highest BCUT2D eigenvalue weighted by molar-refractivity contribution is 7.99. The summed E-state index contributed by atoms with van der Waals surface area (Å²) >= 11 is 13.9. The Labute approximate surface area is 148 Å². The third-order valence-corrected chi connectivity index (χ3v) is 5.11. The minimum atomic E-state index is -0.132. The molecule has 0 radical (unpaired) electrons. The van der Waals surface area contributed by atoms with E-state index in [0.29, 0.717) is 16.6 Å². The molecule has 1 aliphatic heterocycles. The van der Waals surface area contributed by atoms with Crippen LogP contribution in [0.15, 0.2) is 36.7 Å². The first-order chi connectivity index (χ1) is 11.1. The van der Waals surface area contributed by atoms with E-state index in [0.717, 1.165) is 11.3 Å². The van der Waals surface area contributed by atoms with E-state index in [-0.39, 0.29) is 23.9 Å². The number of amides is 1. The fourth-order valence-electron chi connectivity index (χ4n) is 2.25. The molecule has 2 aromatic rings. The van der Waals surface area contributed by atoms with Gasteiger partial charge in [-0.05, 0) is 18.2 Å². The van der Waals surface area contributed by atoms with E-state index in [4.69, 9.17) is 27.9 Å². The predicted octanol–water partition coefficient (Wildman–Crippen LogP) is 3.44. The lowest BCUT2D eigenvalue weighted by Crippen LogP contribution is -2.34. The number of ether oxygens (including phenoxy) is 1. The molecule has 1 unspecified atom stereocenters. The number of hydrogen-bond acceptors (Lipinski definition) is 5. The maximum atomic E-state index is 12.4. The molecule has 2 heterocycles. The Morgan fingerprint density at radius 2 is 2.13 bits per heavy atom. The average Bonchev–Trinajstić information content (AvgIpc) is 3.03. The molecule has 1 amide bonds. The minimum Gasteiger partial charge on any atom is -0.453 e. The van der Waals surface area contributed by atoms with E-state index >= 15 is 0 Å². The van der Waals surface area contributed by atoms with Gasteiger partial charge in [-0.2, -0.15) is 0 Å². The van der Waals surface area contributed by atoms with Gasteiger partial charge in [-0.3, -0.25) is 4.79 Å². The largest absolute Gasteiger partial charge is 0.453 e. The lowest BCUT2D eigenvalue weighted by atomic mass is 10.2. The molecule has 120 valence electrons. The molecular formula is C15H13Cl2N3O2S. The lowest BCUT2D eigenvalue weighted by Gasteiger charge is -2.24. The maximum Gasteiger partial charge on any atom is 0.316 e. The van der Waals surface area contributed by atoms with Crippen LogP contribution in [-0.2, 0) is 4.79 Å². The number of benzene rings is 1. The summed E-state index contributed by atoms with van der Waals surface area (Å²) in [6.45, 7) is 0.540. The van der Waals surface area contributed by atoms with Crippen molar-refractivity contribution in [3.8, 4) is 6.01 Å². The monoisotopic (exact) mass is 369 g/mol. The Bertz CT molecular complexity index is 702. The Kier molecular flexibility index (Phi) is 5.25. The van der Waals surface area contributed by atoms with Crippen LogP contribution in [0.25, 0.3) is 0 Å². The average molecular weight is 370 g/mol. The van der Waals surface area contributed by atoms with Crippen LogP contribution < -0.4 is 4.74 Å². The molecule has 23 heavy (non-hydrogen) atoms. The number of hydrogen-bond donors (Lipinski definition) is 0. The molecule has 0 aliphatic carbocycles. The minimum absolute atomic E-state index is 0.105. The molecule has 1 saturated heterocycles. The fourth-order valence-corrected chi connectivity index (χ4v) is 4.14. The molecule has 1 fully saturated rings. The Morgan fingerprint density at radius 3 is 2.87 bits per heavy atom. The van der Waals surface area contributed by atoms with Crippen LogP contribution in [0.2, 0.25) is 10.0 Å². The first-order valence-corrected chi connectivity index (χ1v) is 8.71. The van der Waals surface area contributed by atoms with Crippen molar-refractivity contribution in [2.45, 2.75) is 5.37 Å². The van der Waals surface area contributed by atoms with Crippen molar-refractivity contribution in [3.05, 3.63) is 52.3 Å². The molecule has 0 bridgehead atoms. The van der Waals surface area contributed by atoms with Crippen LogP contribution in [0, 0.1) is 0 Å². The summed E-state index contributed by atoms with van der Waals surface area (Å²) in [4.78, 5) is 22.1. The second kappa shape index (κ2) is 7.38. The van der Waals surface area contributed by atoms with E-state index < -0.39 is 0 Å². The summed E-state index contributed by atoms with van der Waals surface area (Å²) in [7, 11) is 0. The van der Waals surface area contributed by atoms with Crippen molar-refractivity contribution in [3.63, 3.8) is 0 Å². The molecular weight excluding hydrogens is 357 g/mol. The van der Waals surface area contributed by atoms with Crippen LogP contribution >= 0.6 is 35.0 Å². The highest BCUT2D eigenvalue weighted by Crippen LogP contribution is 2.41. The van der Waals surface area contributed by atoms with Crippen LogP contribution in [0.5, 0.6) is 6.01 Å². The van der Waals surface area contributed by atoms with Gasteiger partial charge in [-0.15, -0.1) is 11.8 Å². The van der Waals surface area contributed by atoms with Crippen LogP contribution in [-0.4, -0.2) is 39.7 Å². The summed E-state index contributed by atoms with van der Waals surface area (Å²) in [5.74, 6) is 0.718. The number of aromatic nitrogens is 2. The summed E-state index contributed by atoms with van der Waals surface area (Å²) in [5.41, 5.74) is 0.878. The van der Waals surface area contributed by atoms with E-state index in [1.165, 1.54) is 0 Å². The first kappa shape index (κ1) is 16.4. The Balaban J connectivity index is 1.69. The van der Waals surface area contributed by atoms with Crippen LogP contribution in [0.3, 0.4) is 0 Å². The molecule has 5 nitrogen and oxygen atoms in total. The van der Waals surface area contributed by atoms with E-state index in [1.807, 2.05) is 6.07 Å². The molecule has 1 aliphatic rings. The van der Waals surface area contributed by atoms with Gasteiger partial charge in [0.15, 0.2) is 6.61 Å². The van der Waals surface area contributed by atoms with E-state index in [2.05, 4.69) is 9.97 Å². The topological polar surface area (TPSA) is 55.3 Å². The highest BCUT2D eigenvalue weighted by Gasteiger charge is 2.32. The fraction of sp³-hybridized carbons (Fsp3) is 0.267. The summed E-state index contributed by atoms with van der Waals surface area (Å²) < 4.78 is 5.34. The molecule has 3 rings (SSSR count). The van der Waals surface area contributed by atoms with Crippen molar-refractivity contribution in [1.29, 1.82) is 0 Å². The van der Waals surface area contributed by atoms with E-state index in [1.54, 1.807) is 47.3 Å². The molecule has 1 aromatic heterocycles. The number of carbonyl (C=O) groups excluding carboxylic acids is 1. The second-order valence-corrected chi connectivity index (χ2v) is 6.83. The Hall–Kier alpha value is -1.50. The lowest BCUT2D eigenvalue weighted by molar-refractivity contribution is -0.133. The zero-order chi connectivity index (χ0) is 16.2. The molecule has 1 aromatic carbocycles. The first-order valence-electron chi connectivity index (χ1n) is 6.91. The van der Waals surface area contributed by atoms with Gasteiger partial charge in [0.25, 0.3) is 5.91 Å². The van der Waals surface area contributed by atoms with Crippen LogP contribution in [0.4, 0.5) is 0 Å². The highest BCUT2D eigenvalue weighted by atomic mass is 35.5. The van der Waals surface area contributed by atoms with Gasteiger partial charge in [-0.25, -0.2) is 9.97 Å². The van der Waals surface area contributed by atoms with Gasteiger partial charge < -0.3 is 9.64 Å². The molecule has 0 spiro atoms. The number of rotatable bonds is 4. The van der Waals surface area contributed by atoms with Crippen molar-refractivity contribution >= 4 is 40.9 Å². The SMILES string of the molecule is O=C(COc1ncccn1)N1CCSC1c1ccc(Cl)cc1Cl. The van der Waals surface area contributed by atoms with Gasteiger partial charge >= 0.3 is 6.01 Å². The number of carbonyl (C=O) groups is 1. The van der Waals surface area contributed by atoms with Crippen molar-refractivity contribution in [2.75, 3.05) is 18.9 Å². The predicted molar refractivity (Wildman–Crippen MR) is 90.9 cm³/mol. The van der Waals surface area contributed by atoms with E-state index in [9.17, 15) is 4.79 Å². The van der Waals surface area contributed by atoms with Crippen molar-refractivity contribution in [2.24, 2.45) is 0 Å². The van der Waals surface area contributed by atoms with Crippen LogP contribution in [0.1, 0.15) is 10.9 Å². The normalized spacial score (nSPS) is 17.3. The second-order valence-electron chi connectivity index (χ2n) is 4.80. The number of nitrogens with zero attached hydrogens (tertiary/aromatic N) is 3. The third kappa shape index (κ3) is 3.88. The number of thioether (sulfide) groups is 1. The quantitative estimate of drug-likeness (QED) is 0.825. The van der Waals surface area contributed by atoms with Gasteiger partial charge in [0.05, 0.1) is 0 Å². The smallest absolute Gasteiger partial charge is 0.316 e. The van der Waals surface area contributed by atoms with Gasteiger partial charge in [0.1, 0.15) is 5.37 Å². The van der Waals surface area contributed by atoms with Crippen molar-refractivity contribution in [1.82, 2.24) is 14.9 Å². The van der Waals surface area contributed by atoms with Gasteiger partial charge in [-0.1, -0.05) is 29.3 Å². The summed E-state index contributed by atoms with van der Waals surface area (Å²) in [6, 6.07) is 7.19. The zero-order valence-electron chi connectivity index (χ0n) is 12.0. The van der Waals surface area contributed by atoms with Crippen molar-refractivity contribution < 1.29 is 9.53 Å². The maximum absolute atomic E-state index is 12.4. The summed E-state index contributed by atoms with van der Waals surface area (Å²) in [6.07, 6.45) is 3.13. The van der Waals surface area contributed by atoms with Gasteiger partial charge in [0.2, 0.25) is 0 Å². The zero-order valence-corrected chi connectivity index (χ0v) is 14.3.